The Bertz CT molecular complexity index is 466. The molecule has 0 aliphatic heterocycles. The molecular weight excluding hydrogens is 242 g/mol. The minimum Gasteiger partial charge on any atom is -0.306 e. The third kappa shape index (κ3) is 2.24. The highest BCUT2D eigenvalue weighted by Crippen LogP contribution is 2.30. The normalized spacial score (nSPS) is 12.7. The van der Waals surface area contributed by atoms with E-state index in [4.69, 9.17) is 11.6 Å². The first-order valence-corrected chi connectivity index (χ1v) is 6.17. The fourth-order valence-electron chi connectivity index (χ4n) is 1.44. The highest BCUT2D eigenvalue weighted by Gasteiger charge is 2.18. The molecule has 16 heavy (non-hydrogen) atoms. The van der Waals surface area contributed by atoms with Crippen molar-refractivity contribution in [1.29, 1.82) is 0 Å². The second kappa shape index (κ2) is 4.91. The summed E-state index contributed by atoms with van der Waals surface area (Å²) in [5.74, 6) is 0.748. The maximum absolute atomic E-state index is 6.11. The average Bonchev–Trinajstić information content (AvgIpc) is 2.69. The Morgan fingerprint density at radius 2 is 2.06 bits per heavy atom. The summed E-state index contributed by atoms with van der Waals surface area (Å²) in [5, 5.41) is 5.91. The van der Waals surface area contributed by atoms with E-state index in [1.54, 1.807) is 11.3 Å². The molecule has 0 fully saturated rings. The summed E-state index contributed by atoms with van der Waals surface area (Å²) >= 11 is 7.72. The first kappa shape index (κ1) is 11.5. The molecular formula is C11H12ClN3S. The van der Waals surface area contributed by atoms with Crippen LogP contribution in [0.4, 0.5) is 0 Å². The van der Waals surface area contributed by atoms with Crippen LogP contribution in [0.25, 0.3) is 0 Å². The van der Waals surface area contributed by atoms with Crippen LogP contribution in [0.15, 0.2) is 23.8 Å². The standard InChI is InChI=1S/C11H12ClN3S/c1-7-5-14-11(15-6-7)9(13-2)10-8(12)3-4-16-10/h3-6,9,13H,1-2H3. The molecule has 3 nitrogen and oxygen atoms in total. The molecule has 5 heteroatoms. The van der Waals surface area contributed by atoms with Gasteiger partial charge in [0.1, 0.15) is 6.04 Å². The number of aryl methyl sites for hydroxylation is 1. The van der Waals surface area contributed by atoms with Crippen LogP contribution < -0.4 is 5.32 Å². The molecule has 0 saturated heterocycles. The Balaban J connectivity index is 2.37. The van der Waals surface area contributed by atoms with Gasteiger partial charge in [0.05, 0.1) is 5.02 Å². The molecule has 0 aliphatic rings. The molecule has 0 aromatic carbocycles. The zero-order valence-corrected chi connectivity index (χ0v) is 10.6. The van der Waals surface area contributed by atoms with Crippen molar-refractivity contribution < 1.29 is 0 Å². The van der Waals surface area contributed by atoms with Gasteiger partial charge in [0.2, 0.25) is 0 Å². The fraction of sp³-hybridized carbons (Fsp3) is 0.273. The van der Waals surface area contributed by atoms with Crippen LogP contribution in [0.1, 0.15) is 22.3 Å². The third-order valence-corrected chi connectivity index (χ3v) is 3.68. The maximum atomic E-state index is 6.11. The van der Waals surface area contributed by atoms with Crippen molar-refractivity contribution in [3.8, 4) is 0 Å². The molecule has 2 rings (SSSR count). The molecule has 0 bridgehead atoms. The Morgan fingerprint density at radius 1 is 1.38 bits per heavy atom. The van der Waals surface area contributed by atoms with E-state index in [1.807, 2.05) is 37.8 Å². The van der Waals surface area contributed by atoms with E-state index in [1.165, 1.54) is 0 Å². The van der Waals surface area contributed by atoms with Gasteiger partial charge in [-0.25, -0.2) is 9.97 Å². The Hall–Kier alpha value is -0.970. The third-order valence-electron chi connectivity index (χ3n) is 2.25. The molecule has 1 atom stereocenters. The molecule has 0 amide bonds. The Morgan fingerprint density at radius 3 is 2.56 bits per heavy atom. The number of nitrogens with zero attached hydrogens (tertiary/aromatic N) is 2. The van der Waals surface area contributed by atoms with Crippen molar-refractivity contribution in [3.63, 3.8) is 0 Å². The van der Waals surface area contributed by atoms with E-state index >= 15 is 0 Å². The summed E-state index contributed by atoms with van der Waals surface area (Å²) in [4.78, 5) is 9.69. The van der Waals surface area contributed by atoms with Gasteiger partial charge in [-0.1, -0.05) is 11.6 Å². The van der Waals surface area contributed by atoms with Crippen LogP contribution >= 0.6 is 22.9 Å². The Kier molecular flexibility index (Phi) is 3.53. The first-order chi connectivity index (χ1) is 7.72. The largest absolute Gasteiger partial charge is 0.306 e. The zero-order chi connectivity index (χ0) is 11.5. The Labute approximate surface area is 104 Å². The molecule has 0 radical (unpaired) electrons. The number of rotatable bonds is 3. The molecule has 2 aromatic rings. The van der Waals surface area contributed by atoms with Gasteiger partial charge in [-0.15, -0.1) is 11.3 Å². The second-order valence-electron chi connectivity index (χ2n) is 3.47. The topological polar surface area (TPSA) is 37.8 Å². The smallest absolute Gasteiger partial charge is 0.150 e. The summed E-state index contributed by atoms with van der Waals surface area (Å²) in [5.41, 5.74) is 1.05. The van der Waals surface area contributed by atoms with Gasteiger partial charge >= 0.3 is 0 Å². The van der Waals surface area contributed by atoms with Gasteiger partial charge in [-0.3, -0.25) is 0 Å². The lowest BCUT2D eigenvalue weighted by atomic mass is 10.2. The van der Waals surface area contributed by atoms with E-state index in [9.17, 15) is 0 Å². The van der Waals surface area contributed by atoms with Crippen LogP contribution in [0, 0.1) is 6.92 Å². The highest BCUT2D eigenvalue weighted by molar-refractivity contribution is 7.10. The summed E-state index contributed by atoms with van der Waals surface area (Å²) in [6, 6.07) is 1.85. The molecule has 0 aliphatic carbocycles. The van der Waals surface area contributed by atoms with Gasteiger partial charge in [0, 0.05) is 17.3 Å². The van der Waals surface area contributed by atoms with Gasteiger partial charge in [0.15, 0.2) is 5.82 Å². The minimum atomic E-state index is -0.0342. The number of thiophene rings is 1. The second-order valence-corrected chi connectivity index (χ2v) is 4.83. The molecule has 0 saturated carbocycles. The fourth-order valence-corrected chi connectivity index (χ4v) is 2.71. The van der Waals surface area contributed by atoms with E-state index in [0.717, 1.165) is 21.3 Å². The summed E-state index contributed by atoms with van der Waals surface area (Å²) in [6.07, 6.45) is 3.63. The van der Waals surface area contributed by atoms with Crippen LogP contribution in [0.3, 0.4) is 0 Å². The lowest BCUT2D eigenvalue weighted by Crippen LogP contribution is -2.19. The molecule has 1 N–H and O–H groups in total. The quantitative estimate of drug-likeness (QED) is 0.914. The first-order valence-electron chi connectivity index (χ1n) is 4.91. The maximum Gasteiger partial charge on any atom is 0.150 e. The number of halogens is 1. The van der Waals surface area contributed by atoms with Crippen molar-refractivity contribution >= 4 is 22.9 Å². The lowest BCUT2D eigenvalue weighted by molar-refractivity contribution is 0.655. The van der Waals surface area contributed by atoms with Crippen LogP contribution in [-0.4, -0.2) is 17.0 Å². The van der Waals surface area contributed by atoms with Crippen molar-refractivity contribution in [3.05, 3.63) is 45.1 Å². The number of hydrogen-bond acceptors (Lipinski definition) is 4. The minimum absolute atomic E-state index is 0.0342. The molecule has 84 valence electrons. The van der Waals surface area contributed by atoms with E-state index in [0.29, 0.717) is 0 Å². The van der Waals surface area contributed by atoms with Gasteiger partial charge in [-0.2, -0.15) is 0 Å². The van der Waals surface area contributed by atoms with Gasteiger partial charge in [-0.05, 0) is 31.0 Å². The van der Waals surface area contributed by atoms with E-state index in [-0.39, 0.29) is 6.04 Å². The predicted molar refractivity (Wildman–Crippen MR) is 67.0 cm³/mol. The van der Waals surface area contributed by atoms with Crippen molar-refractivity contribution in [2.24, 2.45) is 0 Å². The molecule has 2 aromatic heterocycles. The van der Waals surface area contributed by atoms with Crippen LogP contribution in [0.5, 0.6) is 0 Å². The van der Waals surface area contributed by atoms with Crippen LogP contribution in [0.2, 0.25) is 5.02 Å². The number of hydrogen-bond donors (Lipinski definition) is 1. The number of aromatic nitrogens is 2. The highest BCUT2D eigenvalue weighted by atomic mass is 35.5. The predicted octanol–water partition coefficient (Wildman–Crippen LogP) is 2.81. The van der Waals surface area contributed by atoms with E-state index < -0.39 is 0 Å². The average molecular weight is 254 g/mol. The molecule has 0 spiro atoms. The van der Waals surface area contributed by atoms with E-state index in [2.05, 4.69) is 15.3 Å². The molecule has 1 unspecified atom stereocenters. The molecule has 2 heterocycles. The monoisotopic (exact) mass is 253 g/mol. The zero-order valence-electron chi connectivity index (χ0n) is 9.07. The lowest BCUT2D eigenvalue weighted by Gasteiger charge is -2.13. The summed E-state index contributed by atoms with van der Waals surface area (Å²) in [6.45, 7) is 1.97. The summed E-state index contributed by atoms with van der Waals surface area (Å²) in [7, 11) is 1.88. The number of nitrogens with one attached hydrogen (secondary N) is 1. The van der Waals surface area contributed by atoms with Crippen LogP contribution in [-0.2, 0) is 0 Å². The van der Waals surface area contributed by atoms with Gasteiger partial charge in [0.25, 0.3) is 0 Å². The van der Waals surface area contributed by atoms with Crippen molar-refractivity contribution in [2.45, 2.75) is 13.0 Å². The van der Waals surface area contributed by atoms with Crippen molar-refractivity contribution in [1.82, 2.24) is 15.3 Å². The summed E-state index contributed by atoms with van der Waals surface area (Å²) < 4.78 is 0. The van der Waals surface area contributed by atoms with Crippen molar-refractivity contribution in [2.75, 3.05) is 7.05 Å². The SMILES string of the molecule is CNC(c1ncc(C)cn1)c1sccc1Cl. The van der Waals surface area contributed by atoms with Gasteiger partial charge < -0.3 is 5.32 Å².